The molecule has 2 rings (SSSR count). The summed E-state index contributed by atoms with van der Waals surface area (Å²) < 4.78 is 4.65. The highest BCUT2D eigenvalue weighted by molar-refractivity contribution is 5.98. The van der Waals surface area contributed by atoms with Crippen molar-refractivity contribution < 1.29 is 14.3 Å². The Morgan fingerprint density at radius 1 is 1.56 bits per heavy atom. The van der Waals surface area contributed by atoms with Crippen molar-refractivity contribution >= 4 is 17.6 Å². The number of hydrogen-bond acceptors (Lipinski definition) is 3. The van der Waals surface area contributed by atoms with Crippen LogP contribution in [-0.4, -0.2) is 25.5 Å². The van der Waals surface area contributed by atoms with E-state index in [9.17, 15) is 9.59 Å². The van der Waals surface area contributed by atoms with Crippen molar-refractivity contribution in [2.24, 2.45) is 5.92 Å². The van der Waals surface area contributed by atoms with Crippen LogP contribution in [0.3, 0.4) is 0 Å². The van der Waals surface area contributed by atoms with Crippen molar-refractivity contribution in [3.8, 4) is 12.3 Å². The van der Waals surface area contributed by atoms with Gasteiger partial charge in [-0.3, -0.25) is 4.79 Å². The van der Waals surface area contributed by atoms with E-state index in [1.165, 1.54) is 7.11 Å². The molecule has 4 nitrogen and oxygen atoms in total. The van der Waals surface area contributed by atoms with E-state index >= 15 is 0 Å². The van der Waals surface area contributed by atoms with Gasteiger partial charge in [0.05, 0.1) is 12.7 Å². The number of nitrogens with zero attached hydrogens (tertiary/aromatic N) is 1. The van der Waals surface area contributed by atoms with Crippen LogP contribution in [-0.2, 0) is 9.53 Å². The topological polar surface area (TPSA) is 46.6 Å². The Labute approximate surface area is 106 Å². The fourth-order valence-electron chi connectivity index (χ4n) is 1.99. The number of benzene rings is 1. The van der Waals surface area contributed by atoms with E-state index in [0.29, 0.717) is 24.2 Å². The van der Waals surface area contributed by atoms with Crippen LogP contribution in [0.2, 0.25) is 0 Å². The molecule has 92 valence electrons. The van der Waals surface area contributed by atoms with Crippen molar-refractivity contribution in [2.45, 2.75) is 6.42 Å². The lowest BCUT2D eigenvalue weighted by molar-refractivity contribution is -0.117. The van der Waals surface area contributed by atoms with Crippen LogP contribution in [0.4, 0.5) is 5.69 Å². The zero-order valence-corrected chi connectivity index (χ0v) is 10.1. The molecule has 0 spiro atoms. The molecule has 1 amide bonds. The molecule has 1 unspecified atom stereocenters. The number of esters is 1. The van der Waals surface area contributed by atoms with Gasteiger partial charge in [0.1, 0.15) is 0 Å². The Morgan fingerprint density at radius 3 is 2.94 bits per heavy atom. The molecule has 0 saturated carbocycles. The van der Waals surface area contributed by atoms with Gasteiger partial charge in [0.25, 0.3) is 0 Å². The van der Waals surface area contributed by atoms with E-state index in [1.54, 1.807) is 29.2 Å². The van der Waals surface area contributed by atoms with Crippen LogP contribution in [0, 0.1) is 18.3 Å². The van der Waals surface area contributed by atoms with Gasteiger partial charge in [-0.1, -0.05) is 6.07 Å². The van der Waals surface area contributed by atoms with E-state index in [0.717, 1.165) is 0 Å². The van der Waals surface area contributed by atoms with Crippen molar-refractivity contribution in [3.63, 3.8) is 0 Å². The second-order valence-electron chi connectivity index (χ2n) is 4.11. The first kappa shape index (κ1) is 12.2. The molecule has 0 aliphatic carbocycles. The maximum absolute atomic E-state index is 11.8. The van der Waals surface area contributed by atoms with E-state index < -0.39 is 5.97 Å². The van der Waals surface area contributed by atoms with Crippen molar-refractivity contribution in [3.05, 3.63) is 29.8 Å². The summed E-state index contributed by atoms with van der Waals surface area (Å²) in [6.45, 7) is 0.500. The van der Waals surface area contributed by atoms with Gasteiger partial charge in [0.2, 0.25) is 5.91 Å². The van der Waals surface area contributed by atoms with E-state index in [-0.39, 0.29) is 11.8 Å². The van der Waals surface area contributed by atoms with E-state index in [4.69, 9.17) is 6.42 Å². The molecule has 1 saturated heterocycles. The monoisotopic (exact) mass is 243 g/mol. The SMILES string of the molecule is C#CC1CC(=O)N(c2cccc(C(=O)OC)c2)C1. The minimum Gasteiger partial charge on any atom is -0.465 e. The number of amides is 1. The summed E-state index contributed by atoms with van der Waals surface area (Å²) >= 11 is 0. The number of carbonyl (C=O) groups excluding carboxylic acids is 2. The van der Waals surface area contributed by atoms with Gasteiger partial charge in [-0.05, 0) is 18.2 Å². The third-order valence-corrected chi connectivity index (χ3v) is 2.94. The predicted molar refractivity (Wildman–Crippen MR) is 67.1 cm³/mol. The van der Waals surface area contributed by atoms with Crippen LogP contribution in [0.1, 0.15) is 16.8 Å². The first-order valence-electron chi connectivity index (χ1n) is 5.60. The maximum atomic E-state index is 11.8. The number of rotatable bonds is 2. The lowest BCUT2D eigenvalue weighted by Gasteiger charge is -2.16. The largest absolute Gasteiger partial charge is 0.465 e. The minimum atomic E-state index is -0.419. The molecule has 1 aromatic rings. The van der Waals surface area contributed by atoms with Gasteiger partial charge in [0, 0.05) is 24.6 Å². The van der Waals surface area contributed by atoms with Gasteiger partial charge in [-0.2, -0.15) is 0 Å². The normalized spacial score (nSPS) is 18.6. The molecular weight excluding hydrogens is 230 g/mol. The third kappa shape index (κ3) is 2.21. The Bertz CT molecular complexity index is 530. The second kappa shape index (κ2) is 4.92. The molecule has 1 aliphatic heterocycles. The summed E-state index contributed by atoms with van der Waals surface area (Å²) in [6, 6.07) is 6.79. The second-order valence-corrected chi connectivity index (χ2v) is 4.11. The molecular formula is C14H13NO3. The zero-order valence-electron chi connectivity index (χ0n) is 10.1. The van der Waals surface area contributed by atoms with Gasteiger partial charge in [0.15, 0.2) is 0 Å². The maximum Gasteiger partial charge on any atom is 0.337 e. The first-order chi connectivity index (χ1) is 8.65. The van der Waals surface area contributed by atoms with Crippen LogP contribution in [0.25, 0.3) is 0 Å². The predicted octanol–water partition coefficient (Wildman–Crippen LogP) is 1.46. The van der Waals surface area contributed by atoms with Crippen molar-refractivity contribution in [1.82, 2.24) is 0 Å². The highest BCUT2D eigenvalue weighted by atomic mass is 16.5. The fourth-order valence-corrected chi connectivity index (χ4v) is 1.99. The lowest BCUT2D eigenvalue weighted by atomic mass is 10.1. The highest BCUT2D eigenvalue weighted by Gasteiger charge is 2.29. The molecule has 4 heteroatoms. The lowest BCUT2D eigenvalue weighted by Crippen LogP contribution is -2.24. The Kier molecular flexibility index (Phi) is 3.33. The van der Waals surface area contributed by atoms with Gasteiger partial charge >= 0.3 is 5.97 Å². The molecule has 0 radical (unpaired) electrons. The van der Waals surface area contributed by atoms with E-state index in [2.05, 4.69) is 10.7 Å². The standard InChI is InChI=1S/C14H13NO3/c1-3-10-7-13(16)15(9-10)12-6-4-5-11(8-12)14(17)18-2/h1,4-6,8,10H,7,9H2,2H3. The fraction of sp³-hybridized carbons (Fsp3) is 0.286. The van der Waals surface area contributed by atoms with Crippen LogP contribution >= 0.6 is 0 Å². The zero-order chi connectivity index (χ0) is 13.1. The van der Waals surface area contributed by atoms with Gasteiger partial charge in [-0.25, -0.2) is 4.79 Å². The quantitative estimate of drug-likeness (QED) is 0.583. The summed E-state index contributed by atoms with van der Waals surface area (Å²) in [6.07, 6.45) is 5.69. The van der Waals surface area contributed by atoms with Crippen molar-refractivity contribution in [2.75, 3.05) is 18.6 Å². The van der Waals surface area contributed by atoms with Crippen molar-refractivity contribution in [1.29, 1.82) is 0 Å². The first-order valence-corrected chi connectivity index (χ1v) is 5.60. The molecule has 0 aromatic heterocycles. The number of carbonyl (C=O) groups is 2. The Hall–Kier alpha value is -2.28. The number of hydrogen-bond donors (Lipinski definition) is 0. The molecule has 1 atom stereocenters. The molecule has 18 heavy (non-hydrogen) atoms. The highest BCUT2D eigenvalue weighted by Crippen LogP contribution is 2.25. The average Bonchev–Trinajstić information content (AvgIpc) is 2.79. The average molecular weight is 243 g/mol. The smallest absolute Gasteiger partial charge is 0.337 e. The van der Waals surface area contributed by atoms with Crippen LogP contribution < -0.4 is 4.90 Å². The Morgan fingerprint density at radius 2 is 2.33 bits per heavy atom. The van der Waals surface area contributed by atoms with Gasteiger partial charge in [-0.15, -0.1) is 12.3 Å². The van der Waals surface area contributed by atoms with Crippen LogP contribution in [0.15, 0.2) is 24.3 Å². The summed E-state index contributed by atoms with van der Waals surface area (Å²) in [7, 11) is 1.32. The summed E-state index contributed by atoms with van der Waals surface area (Å²) in [5.74, 6) is 2.10. The minimum absolute atomic E-state index is 0.0139. The number of methoxy groups -OCH3 is 1. The Balaban J connectivity index is 2.27. The number of anilines is 1. The summed E-state index contributed by atoms with van der Waals surface area (Å²) in [5.41, 5.74) is 1.10. The molecule has 0 N–H and O–H groups in total. The van der Waals surface area contributed by atoms with E-state index in [1.807, 2.05) is 0 Å². The molecule has 1 fully saturated rings. The summed E-state index contributed by atoms with van der Waals surface area (Å²) in [5, 5.41) is 0. The summed E-state index contributed by atoms with van der Waals surface area (Å²) in [4.78, 5) is 24.8. The van der Waals surface area contributed by atoms with Crippen LogP contribution in [0.5, 0.6) is 0 Å². The van der Waals surface area contributed by atoms with Gasteiger partial charge < -0.3 is 9.64 Å². The molecule has 1 aliphatic rings. The molecule has 1 aromatic carbocycles. The number of ether oxygens (including phenoxy) is 1. The molecule has 0 bridgehead atoms. The third-order valence-electron chi connectivity index (χ3n) is 2.94. The molecule has 1 heterocycles. The number of terminal acetylenes is 1.